The maximum Gasteiger partial charge on any atom is 0.167 e. The van der Waals surface area contributed by atoms with Gasteiger partial charge in [0.05, 0.1) is 5.69 Å². The monoisotopic (exact) mass is 404 g/mol. The molecule has 0 amide bonds. The van der Waals surface area contributed by atoms with Gasteiger partial charge in [-0.25, -0.2) is 9.97 Å². The van der Waals surface area contributed by atoms with Gasteiger partial charge in [-0.1, -0.05) is 23.7 Å². The first-order chi connectivity index (χ1) is 14.2. The van der Waals surface area contributed by atoms with Gasteiger partial charge in [0.25, 0.3) is 0 Å². The number of halogens is 1. The van der Waals surface area contributed by atoms with Crippen molar-refractivity contribution in [2.75, 3.05) is 24.5 Å². The Bertz CT molecular complexity index is 1160. The van der Waals surface area contributed by atoms with Crippen LogP contribution in [0.2, 0.25) is 5.02 Å². The van der Waals surface area contributed by atoms with Gasteiger partial charge in [0.1, 0.15) is 17.2 Å². The van der Waals surface area contributed by atoms with Crippen molar-refractivity contribution in [2.24, 2.45) is 0 Å². The molecular formula is C22H21ClN6. The topological polar surface area (TPSA) is 58.9 Å². The van der Waals surface area contributed by atoms with Crippen molar-refractivity contribution in [3.05, 3.63) is 65.9 Å². The molecule has 0 spiro atoms. The Hall–Kier alpha value is -2.96. The minimum Gasteiger partial charge on any atom is -0.351 e. The van der Waals surface area contributed by atoms with E-state index < -0.39 is 0 Å². The van der Waals surface area contributed by atoms with Crippen LogP contribution in [0.1, 0.15) is 6.92 Å². The number of hydrogen-bond donors (Lipinski definition) is 1. The average Bonchev–Trinajstić information content (AvgIpc) is 3.13. The predicted octanol–water partition coefficient (Wildman–Crippen LogP) is 3.93. The van der Waals surface area contributed by atoms with E-state index in [9.17, 15) is 0 Å². The number of fused-ring (bicyclic) bond motifs is 1. The third-order valence-corrected chi connectivity index (χ3v) is 5.52. The zero-order valence-electron chi connectivity index (χ0n) is 16.1. The molecule has 6 nitrogen and oxygen atoms in total. The molecule has 1 fully saturated rings. The summed E-state index contributed by atoms with van der Waals surface area (Å²) < 4.78 is 2.08. The highest BCUT2D eigenvalue weighted by molar-refractivity contribution is 6.30. The number of piperazine rings is 1. The summed E-state index contributed by atoms with van der Waals surface area (Å²) in [5, 5.41) is 4.11. The van der Waals surface area contributed by atoms with E-state index in [1.165, 1.54) is 0 Å². The molecule has 146 valence electrons. The lowest BCUT2D eigenvalue weighted by molar-refractivity contribution is 0.497. The zero-order valence-corrected chi connectivity index (χ0v) is 16.8. The van der Waals surface area contributed by atoms with E-state index in [2.05, 4.69) is 38.8 Å². The highest BCUT2D eigenvalue weighted by Crippen LogP contribution is 2.30. The van der Waals surface area contributed by atoms with Crippen LogP contribution in [0.3, 0.4) is 0 Å². The van der Waals surface area contributed by atoms with Crippen molar-refractivity contribution in [3.63, 3.8) is 0 Å². The smallest absolute Gasteiger partial charge is 0.167 e. The van der Waals surface area contributed by atoms with E-state index in [4.69, 9.17) is 21.6 Å². The number of rotatable bonds is 3. The standard InChI is InChI=1S/C22H21ClN6/c1-15-14-25-11-12-28(15)20-6-5-19-22(27-20)29(18-7-9-24-10-8-18)21(26-19)16-3-2-4-17(23)13-16/h2-10,13,15,25H,11-12,14H2,1H3. The fourth-order valence-corrected chi connectivity index (χ4v) is 4.04. The Balaban J connectivity index is 1.73. The molecular weight excluding hydrogens is 384 g/mol. The van der Waals surface area contributed by atoms with Crippen molar-refractivity contribution in [3.8, 4) is 17.1 Å². The van der Waals surface area contributed by atoms with Crippen LogP contribution >= 0.6 is 11.6 Å². The summed E-state index contributed by atoms with van der Waals surface area (Å²) in [6.07, 6.45) is 3.57. The molecule has 1 atom stereocenters. The van der Waals surface area contributed by atoms with Gasteiger partial charge < -0.3 is 10.2 Å². The van der Waals surface area contributed by atoms with E-state index in [1.54, 1.807) is 12.4 Å². The van der Waals surface area contributed by atoms with Gasteiger partial charge in [-0.15, -0.1) is 0 Å². The summed E-state index contributed by atoms with van der Waals surface area (Å²) >= 11 is 6.26. The summed E-state index contributed by atoms with van der Waals surface area (Å²) in [5.74, 6) is 1.78. The molecule has 1 N–H and O–H groups in total. The first-order valence-corrected chi connectivity index (χ1v) is 10.1. The molecule has 7 heteroatoms. The van der Waals surface area contributed by atoms with Crippen LogP contribution in [-0.4, -0.2) is 45.2 Å². The van der Waals surface area contributed by atoms with Crippen LogP contribution in [0.5, 0.6) is 0 Å². The Labute approximate surface area is 174 Å². The van der Waals surface area contributed by atoms with E-state index in [0.29, 0.717) is 11.1 Å². The van der Waals surface area contributed by atoms with Crippen molar-refractivity contribution in [1.29, 1.82) is 0 Å². The molecule has 0 aliphatic carbocycles. The fraction of sp³-hybridized carbons (Fsp3) is 0.227. The normalized spacial score (nSPS) is 17.0. The molecule has 1 saturated heterocycles. The highest BCUT2D eigenvalue weighted by Gasteiger charge is 2.22. The third kappa shape index (κ3) is 3.34. The summed E-state index contributed by atoms with van der Waals surface area (Å²) in [7, 11) is 0. The van der Waals surface area contributed by atoms with Crippen LogP contribution in [-0.2, 0) is 0 Å². The molecule has 3 aromatic heterocycles. The first kappa shape index (κ1) is 18.1. The van der Waals surface area contributed by atoms with Crippen LogP contribution in [0.25, 0.3) is 28.2 Å². The molecule has 1 aliphatic rings. The largest absolute Gasteiger partial charge is 0.351 e. The SMILES string of the molecule is CC1CNCCN1c1ccc2nc(-c3cccc(Cl)c3)n(-c3ccncc3)c2n1. The Morgan fingerprint density at radius 1 is 1.07 bits per heavy atom. The van der Waals surface area contributed by atoms with E-state index >= 15 is 0 Å². The number of pyridine rings is 2. The van der Waals surface area contributed by atoms with Gasteiger partial charge in [0, 0.05) is 48.7 Å². The van der Waals surface area contributed by atoms with Crippen LogP contribution in [0.4, 0.5) is 5.82 Å². The van der Waals surface area contributed by atoms with Gasteiger partial charge in [-0.2, -0.15) is 0 Å². The van der Waals surface area contributed by atoms with Crippen molar-refractivity contribution in [1.82, 2.24) is 24.8 Å². The van der Waals surface area contributed by atoms with Gasteiger partial charge >= 0.3 is 0 Å². The number of nitrogens with one attached hydrogen (secondary N) is 1. The zero-order chi connectivity index (χ0) is 19.8. The third-order valence-electron chi connectivity index (χ3n) is 5.29. The van der Waals surface area contributed by atoms with E-state index in [-0.39, 0.29) is 0 Å². The van der Waals surface area contributed by atoms with Crippen LogP contribution < -0.4 is 10.2 Å². The quantitative estimate of drug-likeness (QED) is 0.560. The summed E-state index contributed by atoms with van der Waals surface area (Å²) in [6, 6.07) is 16.2. The van der Waals surface area contributed by atoms with Gasteiger partial charge in [0.15, 0.2) is 5.65 Å². The average molecular weight is 405 g/mol. The maximum absolute atomic E-state index is 6.26. The molecule has 4 aromatic rings. The summed E-state index contributed by atoms with van der Waals surface area (Å²) in [5.41, 5.74) is 3.60. The number of nitrogens with zero attached hydrogens (tertiary/aromatic N) is 5. The molecule has 4 heterocycles. The number of hydrogen-bond acceptors (Lipinski definition) is 5. The number of aromatic nitrogens is 4. The molecule has 0 saturated carbocycles. The number of anilines is 1. The van der Waals surface area contributed by atoms with Crippen molar-refractivity contribution >= 4 is 28.6 Å². The molecule has 0 radical (unpaired) electrons. The maximum atomic E-state index is 6.26. The Morgan fingerprint density at radius 3 is 2.72 bits per heavy atom. The number of benzene rings is 1. The summed E-state index contributed by atoms with van der Waals surface area (Å²) in [4.78, 5) is 16.4. The molecule has 1 unspecified atom stereocenters. The second kappa shape index (κ2) is 7.46. The van der Waals surface area contributed by atoms with Crippen molar-refractivity contribution in [2.45, 2.75) is 13.0 Å². The molecule has 1 aliphatic heterocycles. The fourth-order valence-electron chi connectivity index (χ4n) is 3.85. The lowest BCUT2D eigenvalue weighted by atomic mass is 10.2. The highest BCUT2D eigenvalue weighted by atomic mass is 35.5. The Kier molecular flexibility index (Phi) is 4.66. The summed E-state index contributed by atoms with van der Waals surface area (Å²) in [6.45, 7) is 5.07. The second-order valence-corrected chi connectivity index (χ2v) is 7.68. The molecule has 5 rings (SSSR count). The van der Waals surface area contributed by atoms with E-state index in [0.717, 1.165) is 53.7 Å². The lowest BCUT2D eigenvalue weighted by Crippen LogP contribution is -2.50. The molecule has 29 heavy (non-hydrogen) atoms. The van der Waals surface area contributed by atoms with Crippen LogP contribution in [0, 0.1) is 0 Å². The first-order valence-electron chi connectivity index (χ1n) is 9.74. The number of imidazole rings is 1. The molecule has 1 aromatic carbocycles. The Morgan fingerprint density at radius 2 is 1.93 bits per heavy atom. The van der Waals surface area contributed by atoms with Crippen LogP contribution in [0.15, 0.2) is 60.9 Å². The predicted molar refractivity (Wildman–Crippen MR) is 117 cm³/mol. The second-order valence-electron chi connectivity index (χ2n) is 7.25. The molecule has 0 bridgehead atoms. The van der Waals surface area contributed by atoms with Crippen molar-refractivity contribution < 1.29 is 0 Å². The van der Waals surface area contributed by atoms with Gasteiger partial charge in [-0.3, -0.25) is 9.55 Å². The van der Waals surface area contributed by atoms with E-state index in [1.807, 2.05) is 36.4 Å². The minimum atomic E-state index is 0.387. The lowest BCUT2D eigenvalue weighted by Gasteiger charge is -2.34. The minimum absolute atomic E-state index is 0.387. The van der Waals surface area contributed by atoms with Gasteiger partial charge in [-0.05, 0) is 43.3 Å². The van der Waals surface area contributed by atoms with Gasteiger partial charge in [0.2, 0.25) is 0 Å².